The summed E-state index contributed by atoms with van der Waals surface area (Å²) in [5.74, 6) is 0.941. The summed E-state index contributed by atoms with van der Waals surface area (Å²) in [6.07, 6.45) is 0.295. The predicted octanol–water partition coefficient (Wildman–Crippen LogP) is 3.08. The molecule has 0 saturated heterocycles. The molecule has 1 aromatic rings. The maximum absolute atomic E-state index is 11.4. The van der Waals surface area contributed by atoms with Crippen molar-refractivity contribution in [3.8, 4) is 5.75 Å². The van der Waals surface area contributed by atoms with Crippen molar-refractivity contribution in [2.45, 2.75) is 20.3 Å². The Morgan fingerprint density at radius 2 is 2.16 bits per heavy atom. The van der Waals surface area contributed by atoms with E-state index in [0.29, 0.717) is 41.9 Å². The lowest BCUT2D eigenvalue weighted by atomic mass is 10.2. The number of amides is 1. The number of anilines is 1. The maximum Gasteiger partial charge on any atom is 0.225 e. The van der Waals surface area contributed by atoms with E-state index in [0.717, 1.165) is 0 Å². The van der Waals surface area contributed by atoms with Crippen molar-refractivity contribution in [1.29, 1.82) is 0 Å². The van der Waals surface area contributed by atoms with E-state index in [1.807, 2.05) is 0 Å². The first-order chi connectivity index (χ1) is 8.52. The topological polar surface area (TPSA) is 64.3 Å². The van der Waals surface area contributed by atoms with Gasteiger partial charge in [-0.2, -0.15) is 0 Å². The fourth-order valence-corrected chi connectivity index (χ4v) is 1.54. The fourth-order valence-electron chi connectivity index (χ4n) is 1.31. The highest BCUT2D eigenvalue weighted by Crippen LogP contribution is 2.28. The van der Waals surface area contributed by atoms with Gasteiger partial charge in [0.05, 0.1) is 11.6 Å². The second-order valence-electron chi connectivity index (χ2n) is 4.44. The Morgan fingerprint density at radius 1 is 1.47 bits per heavy atom. The molecular formula is C13H20Cl2N2O2. The summed E-state index contributed by atoms with van der Waals surface area (Å²) in [6, 6.07) is 5.18. The van der Waals surface area contributed by atoms with E-state index in [2.05, 4.69) is 19.2 Å². The third-order valence-electron chi connectivity index (χ3n) is 2.16. The van der Waals surface area contributed by atoms with Crippen LogP contribution in [0.4, 0.5) is 5.69 Å². The zero-order valence-electron chi connectivity index (χ0n) is 11.1. The van der Waals surface area contributed by atoms with Crippen LogP contribution < -0.4 is 15.8 Å². The number of nitrogens with one attached hydrogen (secondary N) is 1. The summed E-state index contributed by atoms with van der Waals surface area (Å²) < 4.78 is 5.54. The molecule has 0 spiro atoms. The zero-order chi connectivity index (χ0) is 13.5. The SMILES string of the molecule is CC(C)COc1ccc(NC(=O)CCN)cc1Cl.Cl. The molecule has 0 saturated carbocycles. The van der Waals surface area contributed by atoms with Gasteiger partial charge in [0.1, 0.15) is 5.75 Å². The molecule has 0 radical (unpaired) electrons. The van der Waals surface area contributed by atoms with Gasteiger partial charge < -0.3 is 15.8 Å². The van der Waals surface area contributed by atoms with Gasteiger partial charge in [-0.3, -0.25) is 4.79 Å². The van der Waals surface area contributed by atoms with Gasteiger partial charge in [-0.25, -0.2) is 0 Å². The summed E-state index contributed by atoms with van der Waals surface area (Å²) in [5, 5.41) is 3.20. The Labute approximate surface area is 125 Å². The Hall–Kier alpha value is -0.970. The number of hydrogen-bond acceptors (Lipinski definition) is 3. The molecule has 0 fully saturated rings. The fraction of sp³-hybridized carbons (Fsp3) is 0.462. The van der Waals surface area contributed by atoms with E-state index < -0.39 is 0 Å². The quantitative estimate of drug-likeness (QED) is 0.849. The highest BCUT2D eigenvalue weighted by atomic mass is 35.5. The van der Waals surface area contributed by atoms with Gasteiger partial charge in [-0.1, -0.05) is 25.4 Å². The Balaban J connectivity index is 0.00000324. The van der Waals surface area contributed by atoms with Gasteiger partial charge in [0.25, 0.3) is 0 Å². The Kier molecular flexibility index (Phi) is 8.56. The number of rotatable bonds is 6. The number of carbonyl (C=O) groups excluding carboxylic acids is 1. The summed E-state index contributed by atoms with van der Waals surface area (Å²) in [7, 11) is 0. The number of ether oxygens (including phenoxy) is 1. The van der Waals surface area contributed by atoms with Gasteiger partial charge in [0.2, 0.25) is 5.91 Å². The van der Waals surface area contributed by atoms with Crippen LogP contribution >= 0.6 is 24.0 Å². The molecule has 0 aliphatic rings. The van der Waals surface area contributed by atoms with Crippen LogP contribution in [-0.2, 0) is 4.79 Å². The van der Waals surface area contributed by atoms with Gasteiger partial charge in [-0.15, -0.1) is 12.4 Å². The normalized spacial score (nSPS) is 9.95. The van der Waals surface area contributed by atoms with Crippen LogP contribution in [0.1, 0.15) is 20.3 Å². The predicted molar refractivity (Wildman–Crippen MR) is 81.3 cm³/mol. The molecule has 6 heteroatoms. The smallest absolute Gasteiger partial charge is 0.225 e. The van der Waals surface area contributed by atoms with Crippen molar-refractivity contribution in [3.63, 3.8) is 0 Å². The molecule has 1 rings (SSSR count). The molecule has 4 nitrogen and oxygen atoms in total. The number of nitrogens with two attached hydrogens (primary N) is 1. The first-order valence-electron chi connectivity index (χ1n) is 5.95. The van der Waals surface area contributed by atoms with Crippen molar-refractivity contribution in [1.82, 2.24) is 0 Å². The lowest BCUT2D eigenvalue weighted by Gasteiger charge is -2.11. The highest BCUT2D eigenvalue weighted by Gasteiger charge is 2.06. The first-order valence-corrected chi connectivity index (χ1v) is 6.33. The number of benzene rings is 1. The van der Waals surface area contributed by atoms with E-state index in [9.17, 15) is 4.79 Å². The van der Waals surface area contributed by atoms with Crippen LogP contribution in [0, 0.1) is 5.92 Å². The molecule has 3 N–H and O–H groups in total. The molecule has 0 aromatic heterocycles. The maximum atomic E-state index is 11.4. The summed E-state index contributed by atoms with van der Waals surface area (Å²) in [5.41, 5.74) is 5.95. The average Bonchev–Trinajstić information content (AvgIpc) is 2.28. The van der Waals surface area contributed by atoms with E-state index in [4.69, 9.17) is 22.1 Å². The van der Waals surface area contributed by atoms with Crippen molar-refractivity contribution < 1.29 is 9.53 Å². The van der Waals surface area contributed by atoms with Crippen LogP contribution in [0.5, 0.6) is 5.75 Å². The van der Waals surface area contributed by atoms with Crippen LogP contribution in [0.25, 0.3) is 0 Å². The molecule has 0 heterocycles. The lowest BCUT2D eigenvalue weighted by Crippen LogP contribution is -2.16. The van der Waals surface area contributed by atoms with Crippen molar-refractivity contribution in [3.05, 3.63) is 23.2 Å². The van der Waals surface area contributed by atoms with Gasteiger partial charge in [-0.05, 0) is 24.1 Å². The molecule has 1 amide bonds. The number of hydrogen-bond donors (Lipinski definition) is 2. The van der Waals surface area contributed by atoms with Crippen molar-refractivity contribution >= 4 is 35.6 Å². The van der Waals surface area contributed by atoms with E-state index in [-0.39, 0.29) is 18.3 Å². The molecule has 1 aromatic carbocycles. The first kappa shape index (κ1) is 18.0. The molecule has 0 bridgehead atoms. The molecule has 0 atom stereocenters. The molecule has 0 aliphatic heterocycles. The van der Waals surface area contributed by atoms with Gasteiger partial charge in [0, 0.05) is 18.7 Å². The number of carbonyl (C=O) groups is 1. The minimum absolute atomic E-state index is 0. The summed E-state index contributed by atoms with van der Waals surface area (Å²) >= 11 is 6.07. The van der Waals surface area contributed by atoms with Crippen molar-refractivity contribution in [2.24, 2.45) is 11.7 Å². The zero-order valence-corrected chi connectivity index (χ0v) is 12.7. The van der Waals surface area contributed by atoms with Gasteiger partial charge in [0.15, 0.2) is 0 Å². The van der Waals surface area contributed by atoms with Crippen LogP contribution in [0.2, 0.25) is 5.02 Å². The minimum Gasteiger partial charge on any atom is -0.492 e. The standard InChI is InChI=1S/C13H19ClN2O2.ClH/c1-9(2)8-18-12-4-3-10(7-11(12)14)16-13(17)5-6-15;/h3-4,7,9H,5-6,8,15H2,1-2H3,(H,16,17);1H. The van der Waals surface area contributed by atoms with Crippen molar-refractivity contribution in [2.75, 3.05) is 18.5 Å². The third-order valence-corrected chi connectivity index (χ3v) is 2.45. The third kappa shape index (κ3) is 6.66. The average molecular weight is 307 g/mol. The molecule has 0 unspecified atom stereocenters. The largest absolute Gasteiger partial charge is 0.492 e. The summed E-state index contributed by atoms with van der Waals surface area (Å²) in [4.78, 5) is 11.4. The molecule has 19 heavy (non-hydrogen) atoms. The van der Waals surface area contributed by atoms with Crippen LogP contribution in [0.3, 0.4) is 0 Å². The summed E-state index contributed by atoms with van der Waals surface area (Å²) in [6.45, 7) is 5.07. The minimum atomic E-state index is -0.121. The van der Waals surface area contributed by atoms with Crippen LogP contribution in [0.15, 0.2) is 18.2 Å². The van der Waals surface area contributed by atoms with Gasteiger partial charge >= 0.3 is 0 Å². The van der Waals surface area contributed by atoms with E-state index >= 15 is 0 Å². The number of halogens is 2. The molecular weight excluding hydrogens is 287 g/mol. The monoisotopic (exact) mass is 306 g/mol. The molecule has 108 valence electrons. The van der Waals surface area contributed by atoms with E-state index in [1.54, 1.807) is 18.2 Å². The Morgan fingerprint density at radius 3 is 2.68 bits per heavy atom. The highest BCUT2D eigenvalue weighted by molar-refractivity contribution is 6.32. The van der Waals surface area contributed by atoms with Crippen LogP contribution in [-0.4, -0.2) is 19.1 Å². The molecule has 0 aliphatic carbocycles. The Bertz CT molecular complexity index is 412. The second-order valence-corrected chi connectivity index (χ2v) is 4.84. The second kappa shape index (κ2) is 9.02. The van der Waals surface area contributed by atoms with E-state index in [1.165, 1.54) is 0 Å². The lowest BCUT2D eigenvalue weighted by molar-refractivity contribution is -0.116.